The highest BCUT2D eigenvalue weighted by Crippen LogP contribution is 2.21. The first-order valence-corrected chi connectivity index (χ1v) is 6.00. The zero-order valence-corrected chi connectivity index (χ0v) is 10.8. The third kappa shape index (κ3) is 2.42. The molecule has 0 saturated heterocycles. The van der Waals surface area contributed by atoms with Gasteiger partial charge in [0.25, 0.3) is 0 Å². The van der Waals surface area contributed by atoms with Crippen LogP contribution in [0.25, 0.3) is 0 Å². The number of carbonyl (C=O) groups is 1. The first kappa shape index (κ1) is 12.7. The van der Waals surface area contributed by atoms with E-state index in [1.54, 1.807) is 6.07 Å². The largest absolute Gasteiger partial charge is 0.465 e. The summed E-state index contributed by atoms with van der Waals surface area (Å²) in [6.07, 6.45) is 0.815. The number of ether oxygens (including phenoxy) is 1. The number of benzene rings is 1. The van der Waals surface area contributed by atoms with Gasteiger partial charge < -0.3 is 4.74 Å². The van der Waals surface area contributed by atoms with Crippen molar-refractivity contribution in [3.8, 4) is 6.07 Å². The number of nitrogens with zero attached hydrogens (tertiary/aromatic N) is 1. The van der Waals surface area contributed by atoms with Gasteiger partial charge in [-0.25, -0.2) is 4.79 Å². The van der Waals surface area contributed by atoms with Crippen LogP contribution in [0.3, 0.4) is 0 Å². The number of rotatable bonds is 3. The monoisotopic (exact) mass is 281 g/mol. The molecule has 4 heteroatoms. The molecule has 0 radical (unpaired) electrons. The Morgan fingerprint density at radius 3 is 2.69 bits per heavy atom. The molecule has 0 spiro atoms. The van der Waals surface area contributed by atoms with E-state index in [9.17, 15) is 4.79 Å². The summed E-state index contributed by atoms with van der Waals surface area (Å²) in [6.45, 7) is 2.00. The van der Waals surface area contributed by atoms with Crippen molar-refractivity contribution >= 4 is 21.9 Å². The molecule has 3 nitrogen and oxygen atoms in total. The zero-order valence-electron chi connectivity index (χ0n) is 9.21. The molecule has 0 N–H and O–H groups in total. The van der Waals surface area contributed by atoms with Gasteiger partial charge in [-0.05, 0) is 23.6 Å². The van der Waals surface area contributed by atoms with Crippen LogP contribution in [0.2, 0.25) is 0 Å². The third-order valence-electron chi connectivity index (χ3n) is 2.35. The molecule has 84 valence electrons. The van der Waals surface area contributed by atoms with Crippen molar-refractivity contribution in [2.24, 2.45) is 0 Å². The van der Waals surface area contributed by atoms with Crippen LogP contribution in [-0.2, 0) is 16.5 Å². The molecule has 0 unspecified atom stereocenters. The fourth-order valence-electron chi connectivity index (χ4n) is 1.48. The molecule has 0 heterocycles. The van der Waals surface area contributed by atoms with Crippen LogP contribution < -0.4 is 0 Å². The van der Waals surface area contributed by atoms with Gasteiger partial charge in [0.15, 0.2) is 0 Å². The lowest BCUT2D eigenvalue weighted by Crippen LogP contribution is -2.07. The smallest absolute Gasteiger partial charge is 0.339 e. The minimum atomic E-state index is -0.464. The van der Waals surface area contributed by atoms with E-state index in [4.69, 9.17) is 5.26 Å². The van der Waals surface area contributed by atoms with Crippen LogP contribution in [0, 0.1) is 11.3 Å². The van der Waals surface area contributed by atoms with E-state index in [2.05, 4.69) is 26.7 Å². The highest BCUT2D eigenvalue weighted by molar-refractivity contribution is 9.08. The van der Waals surface area contributed by atoms with Crippen LogP contribution in [0.4, 0.5) is 0 Å². The maximum absolute atomic E-state index is 11.5. The summed E-state index contributed by atoms with van der Waals surface area (Å²) >= 11 is 3.31. The summed E-state index contributed by atoms with van der Waals surface area (Å²) in [5.74, 6) is -0.464. The molecule has 16 heavy (non-hydrogen) atoms. The van der Waals surface area contributed by atoms with Crippen LogP contribution in [0.1, 0.15) is 34.0 Å². The van der Waals surface area contributed by atoms with E-state index in [1.165, 1.54) is 7.11 Å². The van der Waals surface area contributed by atoms with Crippen LogP contribution in [-0.4, -0.2) is 13.1 Å². The number of hydrogen-bond acceptors (Lipinski definition) is 3. The average Bonchev–Trinajstić information content (AvgIpc) is 2.35. The number of carbonyl (C=O) groups excluding carboxylic acids is 1. The Morgan fingerprint density at radius 2 is 2.25 bits per heavy atom. The molecule has 0 amide bonds. The minimum Gasteiger partial charge on any atom is -0.465 e. The van der Waals surface area contributed by atoms with Gasteiger partial charge in [-0.1, -0.05) is 28.9 Å². The van der Waals surface area contributed by atoms with E-state index in [1.807, 2.05) is 13.0 Å². The summed E-state index contributed by atoms with van der Waals surface area (Å²) in [7, 11) is 1.32. The van der Waals surface area contributed by atoms with Gasteiger partial charge in [0.05, 0.1) is 18.2 Å². The second kappa shape index (κ2) is 5.66. The average molecular weight is 282 g/mol. The van der Waals surface area contributed by atoms with Crippen molar-refractivity contribution < 1.29 is 9.53 Å². The van der Waals surface area contributed by atoms with Crippen molar-refractivity contribution in [2.75, 3.05) is 7.11 Å². The Hall–Kier alpha value is -1.34. The molecule has 0 atom stereocenters. The molecule has 1 aromatic rings. The second-order valence-electron chi connectivity index (χ2n) is 3.27. The number of hydrogen-bond donors (Lipinski definition) is 0. The molecule has 0 fully saturated rings. The van der Waals surface area contributed by atoms with Gasteiger partial charge in [0.2, 0.25) is 0 Å². The fraction of sp³-hybridized carbons (Fsp3) is 0.333. The predicted molar refractivity (Wildman–Crippen MR) is 64.5 cm³/mol. The lowest BCUT2D eigenvalue weighted by molar-refractivity contribution is 0.0600. The molecule has 0 saturated carbocycles. The van der Waals surface area contributed by atoms with Crippen molar-refractivity contribution in [1.82, 2.24) is 0 Å². The van der Waals surface area contributed by atoms with Gasteiger partial charge in [-0.3, -0.25) is 0 Å². The molecule has 1 rings (SSSR count). The van der Waals surface area contributed by atoms with Crippen LogP contribution >= 0.6 is 15.9 Å². The Morgan fingerprint density at radius 1 is 1.56 bits per heavy atom. The lowest BCUT2D eigenvalue weighted by Gasteiger charge is -2.08. The lowest BCUT2D eigenvalue weighted by atomic mass is 9.98. The Bertz CT molecular complexity index is 449. The SMILES string of the molecule is CCc1cc(CBr)c(C#N)c(C(=O)OC)c1. The number of methoxy groups -OCH3 is 1. The van der Waals surface area contributed by atoms with Crippen molar-refractivity contribution in [3.63, 3.8) is 0 Å². The molecule has 1 aromatic carbocycles. The van der Waals surface area contributed by atoms with Gasteiger partial charge in [-0.15, -0.1) is 0 Å². The highest BCUT2D eigenvalue weighted by atomic mass is 79.9. The van der Waals surface area contributed by atoms with Gasteiger partial charge >= 0.3 is 5.97 Å². The molecular weight excluding hydrogens is 270 g/mol. The Balaban J connectivity index is 3.44. The first-order valence-electron chi connectivity index (χ1n) is 4.88. The fourth-order valence-corrected chi connectivity index (χ4v) is 1.92. The second-order valence-corrected chi connectivity index (χ2v) is 3.83. The van der Waals surface area contributed by atoms with Gasteiger partial charge in [0, 0.05) is 5.33 Å². The molecule has 0 aromatic heterocycles. The third-order valence-corrected chi connectivity index (χ3v) is 2.95. The zero-order chi connectivity index (χ0) is 12.1. The van der Waals surface area contributed by atoms with E-state index in [0.717, 1.165) is 17.5 Å². The topological polar surface area (TPSA) is 50.1 Å². The summed E-state index contributed by atoms with van der Waals surface area (Å²) in [5, 5.41) is 9.61. The minimum absolute atomic E-state index is 0.346. The van der Waals surface area contributed by atoms with Crippen LogP contribution in [0.5, 0.6) is 0 Å². The standard InChI is InChI=1S/C12H12BrNO2/c1-3-8-4-9(6-13)11(7-14)10(5-8)12(15)16-2/h4-5H,3,6H2,1-2H3. The number of aryl methyl sites for hydroxylation is 1. The summed E-state index contributed by atoms with van der Waals surface area (Å²) in [4.78, 5) is 11.5. The van der Waals surface area contributed by atoms with E-state index in [0.29, 0.717) is 16.5 Å². The Labute approximate surface area is 103 Å². The maximum Gasteiger partial charge on any atom is 0.339 e. The number of halogens is 1. The van der Waals surface area contributed by atoms with Crippen LogP contribution in [0.15, 0.2) is 12.1 Å². The van der Waals surface area contributed by atoms with Gasteiger partial charge in [0.1, 0.15) is 6.07 Å². The van der Waals surface area contributed by atoms with Crippen molar-refractivity contribution in [3.05, 3.63) is 34.4 Å². The Kier molecular flexibility index (Phi) is 4.51. The molecular formula is C12H12BrNO2. The quantitative estimate of drug-likeness (QED) is 0.632. The summed E-state index contributed by atoms with van der Waals surface area (Å²) in [5.41, 5.74) is 2.58. The number of nitriles is 1. The molecule has 0 aliphatic heterocycles. The highest BCUT2D eigenvalue weighted by Gasteiger charge is 2.16. The van der Waals surface area contributed by atoms with E-state index < -0.39 is 5.97 Å². The molecule has 0 aliphatic rings. The van der Waals surface area contributed by atoms with Gasteiger partial charge in [-0.2, -0.15) is 5.26 Å². The number of alkyl halides is 1. The summed E-state index contributed by atoms with van der Waals surface area (Å²) in [6, 6.07) is 5.70. The summed E-state index contributed by atoms with van der Waals surface area (Å²) < 4.78 is 4.67. The van der Waals surface area contributed by atoms with Crippen molar-refractivity contribution in [1.29, 1.82) is 5.26 Å². The van der Waals surface area contributed by atoms with E-state index in [-0.39, 0.29) is 0 Å². The van der Waals surface area contributed by atoms with Crippen molar-refractivity contribution in [2.45, 2.75) is 18.7 Å². The molecule has 0 bridgehead atoms. The number of esters is 1. The first-order chi connectivity index (χ1) is 7.67. The normalized spacial score (nSPS) is 9.62. The maximum atomic E-state index is 11.5. The van der Waals surface area contributed by atoms with E-state index >= 15 is 0 Å². The predicted octanol–water partition coefficient (Wildman–Crippen LogP) is 2.80. The molecule has 0 aliphatic carbocycles.